The van der Waals surface area contributed by atoms with Crippen LogP contribution in [0.5, 0.6) is 5.75 Å². The third-order valence-corrected chi connectivity index (χ3v) is 5.76. The quantitative estimate of drug-likeness (QED) is 0.698. The zero-order valence-electron chi connectivity index (χ0n) is 16.6. The highest BCUT2D eigenvalue weighted by Gasteiger charge is 2.36. The molecule has 0 spiro atoms. The van der Waals surface area contributed by atoms with E-state index in [1.807, 2.05) is 12.1 Å². The number of anilines is 1. The van der Waals surface area contributed by atoms with Crippen molar-refractivity contribution in [2.24, 2.45) is 5.92 Å². The van der Waals surface area contributed by atoms with E-state index in [0.717, 1.165) is 36.9 Å². The predicted molar refractivity (Wildman–Crippen MR) is 106 cm³/mol. The lowest BCUT2D eigenvalue weighted by atomic mass is 9.88. The van der Waals surface area contributed by atoms with E-state index in [4.69, 9.17) is 4.74 Å². The molecule has 7 heteroatoms. The number of amides is 2. The Labute approximate surface area is 165 Å². The smallest absolute Gasteiger partial charge is 0.291 e. The minimum atomic E-state index is -0.565. The Kier molecular flexibility index (Phi) is 6.54. The van der Waals surface area contributed by atoms with Crippen LogP contribution in [-0.4, -0.2) is 56.3 Å². The summed E-state index contributed by atoms with van der Waals surface area (Å²) in [6.45, 7) is 0.769. The van der Waals surface area contributed by atoms with E-state index in [1.165, 1.54) is 18.4 Å². The van der Waals surface area contributed by atoms with Crippen LogP contribution in [0.1, 0.15) is 43.6 Å². The summed E-state index contributed by atoms with van der Waals surface area (Å²) in [4.78, 5) is 39.4. The van der Waals surface area contributed by atoms with Crippen LogP contribution in [0.3, 0.4) is 0 Å². The summed E-state index contributed by atoms with van der Waals surface area (Å²) in [6, 6.07) is 5.45. The highest BCUT2D eigenvalue weighted by Crippen LogP contribution is 2.35. The van der Waals surface area contributed by atoms with Gasteiger partial charge in [-0.3, -0.25) is 14.4 Å². The lowest BCUT2D eigenvalue weighted by Crippen LogP contribution is -2.46. The molecule has 1 heterocycles. The van der Waals surface area contributed by atoms with Crippen LogP contribution < -0.4 is 15.4 Å². The Hall–Kier alpha value is -2.57. The maximum Gasteiger partial charge on any atom is 0.291 e. The van der Waals surface area contributed by atoms with Crippen LogP contribution in [0.4, 0.5) is 5.69 Å². The molecule has 1 fully saturated rings. The second-order valence-corrected chi connectivity index (χ2v) is 7.61. The number of ketones is 1. The molecule has 0 aromatic heterocycles. The Morgan fingerprint density at radius 3 is 2.64 bits per heavy atom. The average Bonchev–Trinajstić information content (AvgIpc) is 3.15. The van der Waals surface area contributed by atoms with E-state index in [9.17, 15) is 14.4 Å². The van der Waals surface area contributed by atoms with Gasteiger partial charge in [-0.25, -0.2) is 0 Å². The first-order valence-corrected chi connectivity index (χ1v) is 9.99. The fourth-order valence-electron chi connectivity index (χ4n) is 4.13. The molecule has 3 rings (SSSR count). The third kappa shape index (κ3) is 4.46. The van der Waals surface area contributed by atoms with E-state index in [2.05, 4.69) is 10.6 Å². The van der Waals surface area contributed by atoms with Crippen molar-refractivity contribution in [3.05, 3.63) is 23.8 Å². The number of benzene rings is 1. The lowest BCUT2D eigenvalue weighted by Gasteiger charge is -2.29. The number of nitrogens with zero attached hydrogens (tertiary/aromatic N) is 1. The first-order chi connectivity index (χ1) is 13.5. The molecule has 28 heavy (non-hydrogen) atoms. The summed E-state index contributed by atoms with van der Waals surface area (Å²) in [6.07, 6.45) is 5.58. The number of fused-ring (bicyclic) bond motifs is 1. The number of carbonyl (C=O) groups is 3. The van der Waals surface area contributed by atoms with Crippen LogP contribution in [0, 0.1) is 5.92 Å². The second kappa shape index (κ2) is 9.08. The molecule has 2 N–H and O–H groups in total. The van der Waals surface area contributed by atoms with Gasteiger partial charge in [-0.15, -0.1) is 0 Å². The van der Waals surface area contributed by atoms with Crippen LogP contribution >= 0.6 is 0 Å². The maximum absolute atomic E-state index is 13.0. The SMILES string of the molecule is CNC(=O)CN(CC1CCCCC1)C(=O)C(=O)C1CNc2cc(OC)ccc21. The molecule has 0 radical (unpaired) electrons. The summed E-state index contributed by atoms with van der Waals surface area (Å²) >= 11 is 0. The van der Waals surface area contributed by atoms with Gasteiger partial charge >= 0.3 is 0 Å². The molecule has 0 bridgehead atoms. The molecule has 7 nitrogen and oxygen atoms in total. The number of methoxy groups -OCH3 is 1. The largest absolute Gasteiger partial charge is 0.497 e. The van der Waals surface area contributed by atoms with Crippen molar-refractivity contribution >= 4 is 23.3 Å². The number of likely N-dealkylation sites (N-methyl/N-ethyl adjacent to an activating group) is 1. The molecule has 0 saturated heterocycles. The molecule has 1 saturated carbocycles. The molecule has 1 aliphatic carbocycles. The molecule has 2 amide bonds. The van der Waals surface area contributed by atoms with E-state index in [0.29, 0.717) is 24.8 Å². The van der Waals surface area contributed by atoms with Crippen molar-refractivity contribution in [2.75, 3.05) is 39.1 Å². The van der Waals surface area contributed by atoms with Gasteiger partial charge in [0.1, 0.15) is 5.75 Å². The Morgan fingerprint density at radius 2 is 1.96 bits per heavy atom. The highest BCUT2D eigenvalue weighted by molar-refractivity contribution is 6.38. The van der Waals surface area contributed by atoms with Gasteiger partial charge < -0.3 is 20.3 Å². The highest BCUT2D eigenvalue weighted by atomic mass is 16.5. The van der Waals surface area contributed by atoms with Crippen molar-refractivity contribution in [1.82, 2.24) is 10.2 Å². The van der Waals surface area contributed by atoms with Crippen molar-refractivity contribution < 1.29 is 19.1 Å². The minimum Gasteiger partial charge on any atom is -0.497 e. The molecule has 152 valence electrons. The summed E-state index contributed by atoms with van der Waals surface area (Å²) in [5.74, 6) is -0.767. The summed E-state index contributed by atoms with van der Waals surface area (Å²) in [5, 5.41) is 5.74. The van der Waals surface area contributed by atoms with Crippen molar-refractivity contribution in [1.29, 1.82) is 0 Å². The van der Waals surface area contributed by atoms with E-state index < -0.39 is 17.6 Å². The Morgan fingerprint density at radius 1 is 1.21 bits per heavy atom. The number of carbonyl (C=O) groups excluding carboxylic acids is 3. The van der Waals surface area contributed by atoms with Gasteiger partial charge in [0.2, 0.25) is 11.7 Å². The van der Waals surface area contributed by atoms with Gasteiger partial charge in [0.25, 0.3) is 5.91 Å². The summed E-state index contributed by atoms with van der Waals surface area (Å²) in [7, 11) is 3.13. The van der Waals surface area contributed by atoms with Gasteiger partial charge in [0, 0.05) is 31.9 Å². The number of hydrogen-bond acceptors (Lipinski definition) is 5. The number of hydrogen-bond donors (Lipinski definition) is 2. The fourth-order valence-corrected chi connectivity index (χ4v) is 4.13. The molecule has 2 aliphatic rings. The van der Waals surface area contributed by atoms with Gasteiger partial charge in [-0.2, -0.15) is 0 Å². The molecular weight excluding hydrogens is 358 g/mol. The fraction of sp³-hybridized carbons (Fsp3) is 0.571. The molecule has 1 unspecified atom stereocenters. The van der Waals surface area contributed by atoms with Crippen LogP contribution in [-0.2, 0) is 14.4 Å². The number of nitrogens with one attached hydrogen (secondary N) is 2. The van der Waals surface area contributed by atoms with E-state index >= 15 is 0 Å². The molecule has 1 aliphatic heterocycles. The van der Waals surface area contributed by atoms with Gasteiger partial charge in [-0.1, -0.05) is 25.3 Å². The Bertz CT molecular complexity index is 743. The monoisotopic (exact) mass is 387 g/mol. The van der Waals surface area contributed by atoms with E-state index in [1.54, 1.807) is 13.2 Å². The first kappa shape index (κ1) is 20.2. The molecular formula is C21H29N3O4. The third-order valence-electron chi connectivity index (χ3n) is 5.76. The van der Waals surface area contributed by atoms with Crippen LogP contribution in [0.25, 0.3) is 0 Å². The Balaban J connectivity index is 1.74. The van der Waals surface area contributed by atoms with Gasteiger partial charge in [-0.05, 0) is 30.4 Å². The standard InChI is InChI=1S/C21H29N3O4/c1-22-19(25)13-24(12-14-6-4-3-5-7-14)21(27)20(26)17-11-23-18-10-15(28-2)8-9-16(17)18/h8-10,14,17,23H,3-7,11-13H2,1-2H3,(H,22,25). The van der Waals surface area contributed by atoms with Crippen LogP contribution in [0.2, 0.25) is 0 Å². The molecule has 1 atom stereocenters. The van der Waals surface area contributed by atoms with Crippen molar-refractivity contribution in [3.8, 4) is 5.75 Å². The van der Waals surface area contributed by atoms with E-state index in [-0.39, 0.29) is 12.5 Å². The zero-order chi connectivity index (χ0) is 20.1. The number of rotatable bonds is 7. The predicted octanol–water partition coefficient (Wildman–Crippen LogP) is 1.93. The van der Waals surface area contributed by atoms with Crippen LogP contribution in [0.15, 0.2) is 18.2 Å². The minimum absolute atomic E-state index is 0.0762. The zero-order valence-corrected chi connectivity index (χ0v) is 16.6. The summed E-state index contributed by atoms with van der Waals surface area (Å²) < 4.78 is 5.22. The summed E-state index contributed by atoms with van der Waals surface area (Å²) in [5.41, 5.74) is 1.62. The first-order valence-electron chi connectivity index (χ1n) is 9.99. The normalized spacial score (nSPS) is 18.7. The lowest BCUT2D eigenvalue weighted by molar-refractivity contribution is -0.147. The topological polar surface area (TPSA) is 87.7 Å². The average molecular weight is 387 g/mol. The van der Waals surface area contributed by atoms with Crippen molar-refractivity contribution in [3.63, 3.8) is 0 Å². The van der Waals surface area contributed by atoms with Gasteiger partial charge in [0.05, 0.1) is 19.6 Å². The second-order valence-electron chi connectivity index (χ2n) is 7.61. The maximum atomic E-state index is 13.0. The number of Topliss-reactive ketones (excluding diaryl/α,β-unsaturated/α-hetero) is 1. The number of ether oxygens (including phenoxy) is 1. The van der Waals surface area contributed by atoms with Crippen molar-refractivity contribution in [2.45, 2.75) is 38.0 Å². The molecule has 1 aromatic rings. The van der Waals surface area contributed by atoms with Gasteiger partial charge in [0.15, 0.2) is 0 Å². The molecule has 1 aromatic carbocycles.